The molecule has 0 aliphatic carbocycles. The minimum Gasteiger partial charge on any atom is -0.268 e. The summed E-state index contributed by atoms with van der Waals surface area (Å²) in [5.41, 5.74) is -0.0556. The number of hydrogen-bond acceptors (Lipinski definition) is 1. The van der Waals surface area contributed by atoms with E-state index in [1.54, 1.807) is 0 Å². The van der Waals surface area contributed by atoms with E-state index >= 15 is 0 Å². The van der Waals surface area contributed by atoms with Crippen LogP contribution in [0.1, 0.15) is 41.5 Å². The Morgan fingerprint density at radius 1 is 0.909 bits per heavy atom. The molecule has 0 aliphatic rings. The van der Waals surface area contributed by atoms with E-state index in [1.807, 2.05) is 4.90 Å². The fourth-order valence-electron chi connectivity index (χ4n) is 1.39. The maximum atomic E-state index is 10.8. The number of rotatable bonds is 1. The van der Waals surface area contributed by atoms with Gasteiger partial charge in [-0.15, -0.1) is 0 Å². The maximum absolute atomic E-state index is 10.8. The summed E-state index contributed by atoms with van der Waals surface area (Å²) in [4.78, 5) is 1.94. The second-order valence-corrected chi connectivity index (χ2v) is 4.90. The third-order valence-corrected chi connectivity index (χ3v) is 1.75. The van der Waals surface area contributed by atoms with Crippen molar-refractivity contribution >= 4 is 0 Å². The third-order valence-electron chi connectivity index (χ3n) is 1.75. The molecule has 0 saturated carbocycles. The minimum absolute atomic E-state index is 0.0278. The van der Waals surface area contributed by atoms with Gasteiger partial charge in [-0.2, -0.15) is 0 Å². The Hall–Kier alpha value is -0.0800. The SMILES string of the molecule is CC(C)(C)N(C[O])C(C)(C)C. The highest BCUT2D eigenvalue weighted by molar-refractivity contribution is 4.84. The molecule has 0 unspecified atom stereocenters. The van der Waals surface area contributed by atoms with Gasteiger partial charge in [-0.1, -0.05) is 0 Å². The largest absolute Gasteiger partial charge is 0.268 e. The van der Waals surface area contributed by atoms with Crippen molar-refractivity contribution in [1.82, 2.24) is 4.90 Å². The number of nitrogens with zero attached hydrogens (tertiary/aromatic N) is 1. The van der Waals surface area contributed by atoms with Crippen molar-refractivity contribution in [2.75, 3.05) is 6.73 Å². The predicted octanol–water partition coefficient (Wildman–Crippen LogP) is 2.27. The lowest BCUT2D eigenvalue weighted by atomic mass is 9.97. The first kappa shape index (κ1) is 10.9. The summed E-state index contributed by atoms with van der Waals surface area (Å²) in [7, 11) is 0. The van der Waals surface area contributed by atoms with Crippen molar-refractivity contribution in [3.63, 3.8) is 0 Å². The van der Waals surface area contributed by atoms with E-state index in [4.69, 9.17) is 0 Å². The summed E-state index contributed by atoms with van der Waals surface area (Å²) >= 11 is 0. The second kappa shape index (κ2) is 3.11. The zero-order valence-electron chi connectivity index (χ0n) is 8.56. The summed E-state index contributed by atoms with van der Waals surface area (Å²) in [6.07, 6.45) is 0. The molecule has 0 aliphatic heterocycles. The van der Waals surface area contributed by atoms with Crippen LogP contribution < -0.4 is 0 Å². The van der Waals surface area contributed by atoms with Crippen LogP contribution in [-0.2, 0) is 5.11 Å². The highest BCUT2D eigenvalue weighted by Crippen LogP contribution is 2.23. The van der Waals surface area contributed by atoms with Crippen LogP contribution in [-0.4, -0.2) is 22.7 Å². The van der Waals surface area contributed by atoms with Crippen LogP contribution in [0.3, 0.4) is 0 Å². The van der Waals surface area contributed by atoms with Crippen molar-refractivity contribution in [2.45, 2.75) is 52.6 Å². The van der Waals surface area contributed by atoms with Crippen LogP contribution >= 0.6 is 0 Å². The fraction of sp³-hybridized carbons (Fsp3) is 1.00. The smallest absolute Gasteiger partial charge is 0.136 e. The van der Waals surface area contributed by atoms with E-state index in [0.717, 1.165) is 0 Å². The van der Waals surface area contributed by atoms with Crippen LogP contribution in [0.15, 0.2) is 0 Å². The Bertz CT molecular complexity index is 105. The lowest BCUT2D eigenvalue weighted by Crippen LogP contribution is -2.52. The molecule has 0 N–H and O–H groups in total. The second-order valence-electron chi connectivity index (χ2n) is 4.90. The van der Waals surface area contributed by atoms with Crippen LogP contribution in [0.25, 0.3) is 0 Å². The first-order chi connectivity index (χ1) is 4.69. The monoisotopic (exact) mass is 158 g/mol. The summed E-state index contributed by atoms with van der Waals surface area (Å²) in [6, 6.07) is 0. The molecule has 2 nitrogen and oxygen atoms in total. The zero-order chi connectivity index (χ0) is 9.28. The molecule has 0 aromatic heterocycles. The molecule has 1 radical (unpaired) electrons. The molecule has 67 valence electrons. The van der Waals surface area contributed by atoms with E-state index < -0.39 is 0 Å². The summed E-state index contributed by atoms with van der Waals surface area (Å²) in [5, 5.41) is 10.8. The van der Waals surface area contributed by atoms with Gasteiger partial charge >= 0.3 is 0 Å². The predicted molar refractivity (Wildman–Crippen MR) is 46.9 cm³/mol. The molecule has 0 aromatic rings. The van der Waals surface area contributed by atoms with Crippen LogP contribution in [0.2, 0.25) is 0 Å². The van der Waals surface area contributed by atoms with Gasteiger partial charge in [0.2, 0.25) is 0 Å². The fourth-order valence-corrected chi connectivity index (χ4v) is 1.39. The number of hydrogen-bond donors (Lipinski definition) is 0. The quantitative estimate of drug-likeness (QED) is 0.537. The Kier molecular flexibility index (Phi) is 3.09. The van der Waals surface area contributed by atoms with Gasteiger partial charge in [0.25, 0.3) is 0 Å². The molecule has 0 atom stereocenters. The van der Waals surface area contributed by atoms with E-state index in [9.17, 15) is 5.11 Å². The molecular weight excluding hydrogens is 138 g/mol. The van der Waals surface area contributed by atoms with Gasteiger partial charge in [-0.3, -0.25) is 4.90 Å². The Balaban J connectivity index is 4.43. The molecular formula is C9H20NO. The van der Waals surface area contributed by atoms with E-state index in [-0.39, 0.29) is 17.8 Å². The van der Waals surface area contributed by atoms with Gasteiger partial charge in [-0.05, 0) is 41.5 Å². The normalized spacial score (nSPS) is 14.2. The van der Waals surface area contributed by atoms with Crippen molar-refractivity contribution in [3.05, 3.63) is 0 Å². The highest BCUT2D eigenvalue weighted by atomic mass is 16.3. The molecule has 0 fully saturated rings. The topological polar surface area (TPSA) is 23.1 Å². The van der Waals surface area contributed by atoms with E-state index in [1.165, 1.54) is 0 Å². The Morgan fingerprint density at radius 2 is 1.18 bits per heavy atom. The molecule has 11 heavy (non-hydrogen) atoms. The summed E-state index contributed by atoms with van der Waals surface area (Å²) in [5.74, 6) is 0. The van der Waals surface area contributed by atoms with Gasteiger partial charge in [0.1, 0.15) is 6.73 Å². The molecule has 2 heteroatoms. The van der Waals surface area contributed by atoms with Crippen molar-refractivity contribution < 1.29 is 5.11 Å². The molecule has 0 heterocycles. The first-order valence-electron chi connectivity index (χ1n) is 4.05. The van der Waals surface area contributed by atoms with Crippen molar-refractivity contribution in [2.24, 2.45) is 0 Å². The lowest BCUT2D eigenvalue weighted by molar-refractivity contribution is -0.0625. The van der Waals surface area contributed by atoms with Crippen molar-refractivity contribution in [1.29, 1.82) is 0 Å². The van der Waals surface area contributed by atoms with Gasteiger partial charge in [-0.25, -0.2) is 5.11 Å². The standard InChI is InChI=1S/C9H20NO/c1-8(2,3)10(7-11)9(4,5)6/h7H2,1-6H3. The molecule has 0 saturated heterocycles. The van der Waals surface area contributed by atoms with E-state index in [2.05, 4.69) is 41.5 Å². The summed E-state index contributed by atoms with van der Waals surface area (Å²) in [6.45, 7) is 12.3. The van der Waals surface area contributed by atoms with Crippen LogP contribution in [0.4, 0.5) is 0 Å². The first-order valence-corrected chi connectivity index (χ1v) is 4.05. The average molecular weight is 158 g/mol. The van der Waals surface area contributed by atoms with Gasteiger partial charge < -0.3 is 0 Å². The molecule has 0 amide bonds. The molecule has 0 aromatic carbocycles. The van der Waals surface area contributed by atoms with Crippen LogP contribution in [0, 0.1) is 0 Å². The van der Waals surface area contributed by atoms with Gasteiger partial charge in [0.05, 0.1) is 0 Å². The summed E-state index contributed by atoms with van der Waals surface area (Å²) < 4.78 is 0. The van der Waals surface area contributed by atoms with Crippen LogP contribution in [0.5, 0.6) is 0 Å². The highest BCUT2D eigenvalue weighted by Gasteiger charge is 2.30. The average Bonchev–Trinajstić information content (AvgIpc) is 1.56. The van der Waals surface area contributed by atoms with E-state index in [0.29, 0.717) is 0 Å². The molecule has 0 bridgehead atoms. The minimum atomic E-state index is -0.132. The molecule has 0 spiro atoms. The lowest BCUT2D eigenvalue weighted by Gasteiger charge is -2.43. The van der Waals surface area contributed by atoms with Gasteiger partial charge in [0, 0.05) is 11.1 Å². The van der Waals surface area contributed by atoms with Crippen molar-refractivity contribution in [3.8, 4) is 0 Å². The zero-order valence-corrected chi connectivity index (χ0v) is 8.56. The maximum Gasteiger partial charge on any atom is 0.136 e. The van der Waals surface area contributed by atoms with Gasteiger partial charge in [0.15, 0.2) is 0 Å². The Labute approximate surface area is 70.2 Å². The Morgan fingerprint density at radius 3 is 1.18 bits per heavy atom. The third kappa shape index (κ3) is 3.21. The molecule has 0 rings (SSSR count).